The van der Waals surface area contributed by atoms with Gasteiger partial charge < -0.3 is 0 Å². The maximum absolute atomic E-state index is 11.8. The van der Waals surface area contributed by atoms with Crippen molar-refractivity contribution in [3.63, 3.8) is 0 Å². The average Bonchev–Trinajstić information content (AvgIpc) is 2.79. The Bertz CT molecular complexity index is 691. The molecule has 2 N–H and O–H groups in total. The molecule has 22 heavy (non-hydrogen) atoms. The molecule has 0 aromatic carbocycles. The van der Waals surface area contributed by atoms with E-state index in [1.165, 1.54) is 16.4 Å². The zero-order chi connectivity index (χ0) is 15.9. The minimum atomic E-state index is -0.161. The van der Waals surface area contributed by atoms with Gasteiger partial charge in [-0.2, -0.15) is 10.4 Å². The van der Waals surface area contributed by atoms with Crippen LogP contribution in [0.5, 0.6) is 0 Å². The van der Waals surface area contributed by atoms with Crippen molar-refractivity contribution in [3.8, 4) is 6.07 Å². The third kappa shape index (κ3) is 3.99. The van der Waals surface area contributed by atoms with Gasteiger partial charge in [0.15, 0.2) is 5.82 Å². The number of nitrogens with zero attached hydrogens (tertiary/aromatic N) is 4. The molecule has 2 heterocycles. The quantitative estimate of drug-likeness (QED) is 0.621. The maximum atomic E-state index is 11.8. The number of pyridine rings is 1. The Morgan fingerprint density at radius 2 is 2.32 bits per heavy atom. The van der Waals surface area contributed by atoms with Crippen LogP contribution >= 0.6 is 11.8 Å². The molecule has 2 aromatic heterocycles. The molecule has 0 unspecified atom stereocenters. The minimum absolute atomic E-state index is 0.161. The maximum Gasteiger partial charge on any atom is 0.239 e. The third-order valence-corrected chi connectivity index (χ3v) is 3.82. The number of hydrazine groups is 1. The Labute approximate surface area is 132 Å². The molecule has 0 fully saturated rings. The van der Waals surface area contributed by atoms with Crippen LogP contribution in [0.2, 0.25) is 0 Å². The van der Waals surface area contributed by atoms with Crippen molar-refractivity contribution in [2.24, 2.45) is 7.05 Å². The van der Waals surface area contributed by atoms with Crippen LogP contribution in [0.25, 0.3) is 0 Å². The highest BCUT2D eigenvalue weighted by atomic mass is 32.2. The molecular formula is C14H16N6OS. The van der Waals surface area contributed by atoms with Crippen LogP contribution in [-0.2, 0) is 11.8 Å². The Morgan fingerprint density at radius 3 is 3.00 bits per heavy atom. The summed E-state index contributed by atoms with van der Waals surface area (Å²) in [6.07, 6.45) is 2.06. The van der Waals surface area contributed by atoms with Gasteiger partial charge in [0.2, 0.25) is 5.91 Å². The Hall–Kier alpha value is -2.53. The molecule has 0 saturated carbocycles. The second kappa shape index (κ2) is 7.47. The minimum Gasteiger partial charge on any atom is -0.281 e. The van der Waals surface area contributed by atoms with Crippen molar-refractivity contribution in [2.45, 2.75) is 18.4 Å². The van der Waals surface area contributed by atoms with E-state index in [0.29, 0.717) is 29.2 Å². The largest absolute Gasteiger partial charge is 0.281 e. The van der Waals surface area contributed by atoms with Crippen LogP contribution in [0, 0.1) is 18.3 Å². The second-order valence-electron chi connectivity index (χ2n) is 4.48. The number of hydrogen-bond donors (Lipinski definition) is 2. The number of rotatable bonds is 6. The number of thioether (sulfide) groups is 1. The van der Waals surface area contributed by atoms with Crippen molar-refractivity contribution >= 4 is 23.5 Å². The second-order valence-corrected chi connectivity index (χ2v) is 5.60. The van der Waals surface area contributed by atoms with E-state index >= 15 is 0 Å². The Kier molecular flexibility index (Phi) is 5.38. The van der Waals surface area contributed by atoms with Crippen LogP contribution in [-0.4, -0.2) is 26.4 Å². The van der Waals surface area contributed by atoms with Gasteiger partial charge in [0.25, 0.3) is 0 Å². The molecule has 2 aromatic rings. The molecule has 0 aliphatic rings. The van der Waals surface area contributed by atoms with E-state index in [9.17, 15) is 4.79 Å². The molecular weight excluding hydrogens is 300 g/mol. The van der Waals surface area contributed by atoms with E-state index < -0.39 is 0 Å². The number of aromatic nitrogens is 3. The van der Waals surface area contributed by atoms with Crippen molar-refractivity contribution in [1.29, 1.82) is 5.26 Å². The predicted octanol–water partition coefficient (Wildman–Crippen LogP) is 1.62. The van der Waals surface area contributed by atoms with Gasteiger partial charge in [-0.15, -0.1) is 11.8 Å². The molecule has 114 valence electrons. The van der Waals surface area contributed by atoms with Gasteiger partial charge in [-0.25, -0.2) is 4.98 Å². The first-order chi connectivity index (χ1) is 10.6. The highest BCUT2D eigenvalue weighted by Gasteiger charge is 2.13. The van der Waals surface area contributed by atoms with Crippen LogP contribution in [0.4, 0.5) is 5.82 Å². The molecule has 8 heteroatoms. The van der Waals surface area contributed by atoms with Crippen molar-refractivity contribution < 1.29 is 4.79 Å². The topological polar surface area (TPSA) is 95.6 Å². The van der Waals surface area contributed by atoms with Crippen molar-refractivity contribution in [3.05, 3.63) is 35.7 Å². The van der Waals surface area contributed by atoms with E-state index in [-0.39, 0.29) is 5.91 Å². The molecule has 0 aliphatic heterocycles. The van der Waals surface area contributed by atoms with Gasteiger partial charge in [-0.1, -0.05) is 6.07 Å². The number of carbonyl (C=O) groups is 1. The van der Waals surface area contributed by atoms with Crippen molar-refractivity contribution in [1.82, 2.24) is 20.2 Å². The molecule has 1 amide bonds. The lowest BCUT2D eigenvalue weighted by molar-refractivity contribution is -0.120. The highest BCUT2D eigenvalue weighted by molar-refractivity contribution is 7.99. The zero-order valence-corrected chi connectivity index (χ0v) is 13.1. The Morgan fingerprint density at radius 1 is 1.50 bits per heavy atom. The number of anilines is 1. The third-order valence-electron chi connectivity index (χ3n) is 2.87. The predicted molar refractivity (Wildman–Crippen MR) is 84.0 cm³/mol. The molecule has 0 radical (unpaired) electrons. The summed E-state index contributed by atoms with van der Waals surface area (Å²) in [4.78, 5) is 16.0. The average molecular weight is 316 g/mol. The van der Waals surface area contributed by atoms with E-state index in [1.807, 2.05) is 18.2 Å². The van der Waals surface area contributed by atoms with Gasteiger partial charge in [0.1, 0.15) is 11.6 Å². The summed E-state index contributed by atoms with van der Waals surface area (Å²) >= 11 is 1.52. The first-order valence-electron chi connectivity index (χ1n) is 6.64. The van der Waals surface area contributed by atoms with Gasteiger partial charge in [0, 0.05) is 25.4 Å². The monoisotopic (exact) mass is 316 g/mol. The van der Waals surface area contributed by atoms with Crippen LogP contribution in [0.15, 0.2) is 29.4 Å². The lowest BCUT2D eigenvalue weighted by Crippen LogP contribution is -2.30. The summed E-state index contributed by atoms with van der Waals surface area (Å²) in [5.74, 6) is 0.942. The van der Waals surface area contributed by atoms with Gasteiger partial charge in [-0.05, 0) is 19.1 Å². The summed E-state index contributed by atoms with van der Waals surface area (Å²) in [5, 5.41) is 14.1. The summed E-state index contributed by atoms with van der Waals surface area (Å²) < 4.78 is 1.52. The van der Waals surface area contributed by atoms with Gasteiger partial charge >= 0.3 is 0 Å². The normalized spacial score (nSPS) is 10.0. The van der Waals surface area contributed by atoms with Crippen LogP contribution < -0.4 is 10.9 Å². The van der Waals surface area contributed by atoms with E-state index in [4.69, 9.17) is 5.26 Å². The standard InChI is InChI=1S/C14H16N6OS/c1-10-11(9-15)14(20(2)19-10)18-17-12(21)6-8-22-13-5-3-4-7-16-13/h3-5,7,18H,6,8H2,1-2H3,(H,17,21). The van der Waals surface area contributed by atoms with E-state index in [1.54, 1.807) is 20.2 Å². The first-order valence-corrected chi connectivity index (χ1v) is 7.62. The molecule has 0 aliphatic carbocycles. The van der Waals surface area contributed by atoms with Gasteiger partial charge in [-0.3, -0.25) is 20.3 Å². The SMILES string of the molecule is Cc1nn(C)c(NNC(=O)CCSc2ccccn2)c1C#N. The Balaban J connectivity index is 1.80. The number of amides is 1. The fourth-order valence-corrected chi connectivity index (χ4v) is 2.61. The molecule has 0 saturated heterocycles. The van der Waals surface area contributed by atoms with Gasteiger partial charge in [0.05, 0.1) is 10.7 Å². The number of nitriles is 1. The van der Waals surface area contributed by atoms with Crippen LogP contribution in [0.1, 0.15) is 17.7 Å². The number of hydrogen-bond acceptors (Lipinski definition) is 6. The fraction of sp³-hybridized carbons (Fsp3) is 0.286. The lowest BCUT2D eigenvalue weighted by Gasteiger charge is -2.08. The highest BCUT2D eigenvalue weighted by Crippen LogP contribution is 2.17. The summed E-state index contributed by atoms with van der Waals surface area (Å²) in [6, 6.07) is 7.72. The summed E-state index contributed by atoms with van der Waals surface area (Å²) in [6.45, 7) is 1.75. The number of nitrogens with one attached hydrogen (secondary N) is 2. The fourth-order valence-electron chi connectivity index (χ4n) is 1.81. The zero-order valence-electron chi connectivity index (χ0n) is 12.3. The van der Waals surface area contributed by atoms with E-state index in [2.05, 4.69) is 27.0 Å². The smallest absolute Gasteiger partial charge is 0.239 e. The summed E-state index contributed by atoms with van der Waals surface area (Å²) in [5.41, 5.74) is 6.37. The number of carbonyl (C=O) groups excluding carboxylic acids is 1. The van der Waals surface area contributed by atoms with Crippen molar-refractivity contribution in [2.75, 3.05) is 11.2 Å². The lowest BCUT2D eigenvalue weighted by atomic mass is 10.3. The number of aryl methyl sites for hydroxylation is 2. The molecule has 2 rings (SSSR count). The molecule has 0 atom stereocenters. The first kappa shape index (κ1) is 15.9. The molecule has 0 spiro atoms. The summed E-state index contributed by atoms with van der Waals surface area (Å²) in [7, 11) is 1.71. The molecule has 7 nitrogen and oxygen atoms in total. The van der Waals surface area contributed by atoms with Crippen LogP contribution in [0.3, 0.4) is 0 Å². The molecule has 0 bridgehead atoms. The van der Waals surface area contributed by atoms with E-state index in [0.717, 1.165) is 5.03 Å².